The third kappa shape index (κ3) is 5.58. The Labute approximate surface area is 155 Å². The van der Waals surface area contributed by atoms with Crippen molar-refractivity contribution in [3.63, 3.8) is 0 Å². The summed E-state index contributed by atoms with van der Waals surface area (Å²) in [5.41, 5.74) is -3.93. The maximum absolute atomic E-state index is 12.9. The SMILES string of the molecule is O=S(=O)(NCCNc1ccc(C(F)(F)F)c(C(F)(F)F)c1)c1ccc(F)cc1. The second-order valence-electron chi connectivity index (χ2n) is 5.53. The summed E-state index contributed by atoms with van der Waals surface area (Å²) in [6.45, 7) is -0.481. The average molecular weight is 430 g/mol. The van der Waals surface area contributed by atoms with Crippen molar-refractivity contribution in [3.05, 3.63) is 59.4 Å². The van der Waals surface area contributed by atoms with Crippen molar-refractivity contribution in [2.24, 2.45) is 0 Å². The molecule has 0 unspecified atom stereocenters. The summed E-state index contributed by atoms with van der Waals surface area (Å²) in [5, 5.41) is 2.41. The van der Waals surface area contributed by atoms with Gasteiger partial charge in [-0.1, -0.05) is 0 Å². The Morgan fingerprint density at radius 2 is 1.36 bits per heavy atom. The lowest BCUT2D eigenvalue weighted by Gasteiger charge is -2.17. The van der Waals surface area contributed by atoms with E-state index >= 15 is 0 Å². The first kappa shape index (κ1) is 22.0. The lowest BCUT2D eigenvalue weighted by molar-refractivity contribution is -0.162. The molecule has 2 aromatic rings. The van der Waals surface area contributed by atoms with E-state index in [1.807, 2.05) is 0 Å². The smallest absolute Gasteiger partial charge is 0.384 e. The zero-order valence-electron chi connectivity index (χ0n) is 13.8. The Hall–Kier alpha value is -2.34. The second-order valence-corrected chi connectivity index (χ2v) is 7.30. The van der Waals surface area contributed by atoms with E-state index in [0.29, 0.717) is 12.1 Å². The van der Waals surface area contributed by atoms with Gasteiger partial charge < -0.3 is 5.32 Å². The molecule has 0 fully saturated rings. The predicted octanol–water partition coefficient (Wildman–Crippen LogP) is 4.25. The highest BCUT2D eigenvalue weighted by Crippen LogP contribution is 2.41. The van der Waals surface area contributed by atoms with Crippen molar-refractivity contribution in [2.75, 3.05) is 18.4 Å². The molecule has 154 valence electrons. The minimum atomic E-state index is -5.22. The molecule has 2 rings (SSSR count). The molecule has 28 heavy (non-hydrogen) atoms. The van der Waals surface area contributed by atoms with Gasteiger partial charge in [0.25, 0.3) is 0 Å². The number of hydrogen-bond acceptors (Lipinski definition) is 3. The number of rotatable bonds is 6. The zero-order chi connectivity index (χ0) is 21.2. The number of hydrogen-bond donors (Lipinski definition) is 2. The van der Waals surface area contributed by atoms with Gasteiger partial charge >= 0.3 is 12.4 Å². The Kier molecular flexibility index (Phi) is 6.24. The third-order valence-corrected chi connectivity index (χ3v) is 4.98. The van der Waals surface area contributed by atoms with Crippen LogP contribution in [0.4, 0.5) is 36.4 Å². The monoisotopic (exact) mass is 430 g/mol. The van der Waals surface area contributed by atoms with E-state index in [-0.39, 0.29) is 23.7 Å². The molecule has 0 heterocycles. The quantitative estimate of drug-likeness (QED) is 0.532. The third-order valence-electron chi connectivity index (χ3n) is 3.50. The molecular weight excluding hydrogens is 417 g/mol. The second kappa shape index (κ2) is 7.95. The summed E-state index contributed by atoms with van der Waals surface area (Å²) >= 11 is 0. The summed E-state index contributed by atoms with van der Waals surface area (Å²) in [4.78, 5) is -0.220. The molecule has 0 aliphatic heterocycles. The number of alkyl halides is 6. The van der Waals surface area contributed by atoms with Crippen LogP contribution in [-0.4, -0.2) is 21.5 Å². The standard InChI is InChI=1S/C16H13F7N2O2S/c17-10-1-4-12(5-2-10)28(26,27)25-8-7-24-11-3-6-13(15(18,19)20)14(9-11)16(21,22)23/h1-6,9,24-25H,7-8H2. The van der Waals surface area contributed by atoms with Crippen LogP contribution >= 0.6 is 0 Å². The highest BCUT2D eigenvalue weighted by atomic mass is 32.2. The van der Waals surface area contributed by atoms with Crippen LogP contribution in [0.1, 0.15) is 11.1 Å². The van der Waals surface area contributed by atoms with E-state index in [1.165, 1.54) is 0 Å². The van der Waals surface area contributed by atoms with E-state index in [2.05, 4.69) is 10.0 Å². The topological polar surface area (TPSA) is 58.2 Å². The summed E-state index contributed by atoms with van der Waals surface area (Å²) < 4.78 is 116. The van der Waals surface area contributed by atoms with Crippen molar-refractivity contribution in [1.29, 1.82) is 0 Å². The van der Waals surface area contributed by atoms with Gasteiger partial charge in [0.1, 0.15) is 5.82 Å². The van der Waals surface area contributed by atoms with Crippen molar-refractivity contribution < 1.29 is 39.2 Å². The first-order valence-corrected chi connectivity index (χ1v) is 9.06. The molecule has 0 bridgehead atoms. The number of nitrogens with one attached hydrogen (secondary N) is 2. The molecule has 0 saturated heterocycles. The van der Waals surface area contributed by atoms with Crippen LogP contribution in [0.15, 0.2) is 47.4 Å². The molecule has 0 aliphatic carbocycles. The van der Waals surface area contributed by atoms with E-state index < -0.39 is 39.3 Å². The van der Waals surface area contributed by atoms with E-state index in [1.54, 1.807) is 0 Å². The molecule has 0 amide bonds. The molecule has 0 aromatic heterocycles. The van der Waals surface area contributed by atoms with Crippen LogP contribution < -0.4 is 10.0 Å². The van der Waals surface area contributed by atoms with Gasteiger partial charge in [-0.15, -0.1) is 0 Å². The number of benzene rings is 2. The number of halogens is 7. The molecular formula is C16H13F7N2O2S. The zero-order valence-corrected chi connectivity index (χ0v) is 14.6. The molecule has 0 atom stereocenters. The first-order chi connectivity index (χ1) is 12.8. The van der Waals surface area contributed by atoms with Gasteiger partial charge in [-0.25, -0.2) is 17.5 Å². The highest BCUT2D eigenvalue weighted by Gasteiger charge is 2.43. The fourth-order valence-electron chi connectivity index (χ4n) is 2.23. The molecule has 0 saturated carbocycles. The Morgan fingerprint density at radius 3 is 1.89 bits per heavy atom. The molecule has 0 aliphatic rings. The Balaban J connectivity index is 2.04. The molecule has 2 aromatic carbocycles. The maximum atomic E-state index is 12.9. The minimum Gasteiger partial charge on any atom is -0.384 e. The normalized spacial score (nSPS) is 12.8. The van der Waals surface area contributed by atoms with Crippen molar-refractivity contribution in [3.8, 4) is 0 Å². The van der Waals surface area contributed by atoms with Crippen LogP contribution in [0.25, 0.3) is 0 Å². The fourth-order valence-corrected chi connectivity index (χ4v) is 3.26. The van der Waals surface area contributed by atoms with Gasteiger partial charge in [-0.05, 0) is 42.5 Å². The summed E-state index contributed by atoms with van der Waals surface area (Å²) in [5.74, 6) is -0.636. The van der Waals surface area contributed by atoms with E-state index in [9.17, 15) is 39.2 Å². The predicted molar refractivity (Wildman–Crippen MR) is 86.5 cm³/mol. The van der Waals surface area contributed by atoms with Crippen LogP contribution in [0.3, 0.4) is 0 Å². The molecule has 12 heteroatoms. The van der Waals surface area contributed by atoms with Gasteiger partial charge in [0, 0.05) is 18.8 Å². The largest absolute Gasteiger partial charge is 0.417 e. The van der Waals surface area contributed by atoms with Crippen molar-refractivity contribution in [2.45, 2.75) is 17.2 Å². The minimum absolute atomic E-state index is 0.205. The van der Waals surface area contributed by atoms with Gasteiger partial charge in [0.05, 0.1) is 16.0 Å². The number of anilines is 1. The summed E-state index contributed by atoms with van der Waals surface area (Å²) in [6.07, 6.45) is -10.4. The lowest BCUT2D eigenvalue weighted by Crippen LogP contribution is -2.29. The first-order valence-electron chi connectivity index (χ1n) is 7.58. The van der Waals surface area contributed by atoms with Crippen LogP contribution in [0, 0.1) is 5.82 Å². The van der Waals surface area contributed by atoms with Gasteiger partial charge in [-0.2, -0.15) is 26.3 Å². The van der Waals surface area contributed by atoms with Gasteiger partial charge in [-0.3, -0.25) is 0 Å². The Bertz CT molecular complexity index is 923. The van der Waals surface area contributed by atoms with E-state index in [4.69, 9.17) is 0 Å². The lowest BCUT2D eigenvalue weighted by atomic mass is 10.1. The van der Waals surface area contributed by atoms with Gasteiger partial charge in [0.2, 0.25) is 10.0 Å². The molecule has 0 spiro atoms. The Morgan fingerprint density at radius 1 is 0.786 bits per heavy atom. The van der Waals surface area contributed by atoms with Gasteiger partial charge in [0.15, 0.2) is 0 Å². The van der Waals surface area contributed by atoms with Crippen LogP contribution in [0.2, 0.25) is 0 Å². The van der Waals surface area contributed by atoms with E-state index in [0.717, 1.165) is 30.3 Å². The molecule has 0 radical (unpaired) electrons. The highest BCUT2D eigenvalue weighted by molar-refractivity contribution is 7.89. The van der Waals surface area contributed by atoms with Crippen molar-refractivity contribution >= 4 is 15.7 Å². The molecule has 4 nitrogen and oxygen atoms in total. The fraction of sp³-hybridized carbons (Fsp3) is 0.250. The molecule has 2 N–H and O–H groups in total. The summed E-state index contributed by atoms with van der Waals surface area (Å²) in [7, 11) is -3.97. The summed E-state index contributed by atoms with van der Waals surface area (Å²) in [6, 6.07) is 5.34. The number of sulfonamides is 1. The van der Waals surface area contributed by atoms with Crippen molar-refractivity contribution in [1.82, 2.24) is 4.72 Å². The maximum Gasteiger partial charge on any atom is 0.417 e. The average Bonchev–Trinajstić information content (AvgIpc) is 2.57. The van der Waals surface area contributed by atoms with Crippen LogP contribution in [0.5, 0.6) is 0 Å². The van der Waals surface area contributed by atoms with Crippen LogP contribution in [-0.2, 0) is 22.4 Å².